The highest BCUT2D eigenvalue weighted by atomic mass is 35.5. The summed E-state index contributed by atoms with van der Waals surface area (Å²) in [6, 6.07) is 5.30. The lowest BCUT2D eigenvalue weighted by Gasteiger charge is -2.14. The zero-order valence-corrected chi connectivity index (χ0v) is 10.1. The van der Waals surface area contributed by atoms with Gasteiger partial charge in [-0.05, 0) is 25.0 Å². The molecular formula is C12H14ClNO2. The normalized spacial score (nSPS) is 14.7. The van der Waals surface area contributed by atoms with Gasteiger partial charge in [0.15, 0.2) is 0 Å². The van der Waals surface area contributed by atoms with Crippen molar-refractivity contribution in [3.05, 3.63) is 28.8 Å². The third-order valence-electron chi connectivity index (χ3n) is 2.42. The van der Waals surface area contributed by atoms with E-state index in [2.05, 4.69) is 0 Å². The molecule has 0 radical (unpaired) electrons. The number of carbonyl (C=O) groups excluding carboxylic acids is 1. The maximum absolute atomic E-state index is 11.8. The van der Waals surface area contributed by atoms with Crippen molar-refractivity contribution in [3.8, 4) is 5.75 Å². The number of hydrogen-bond donors (Lipinski definition) is 0. The fraction of sp³-hybridized carbons (Fsp3) is 0.417. The Labute approximate surface area is 100.0 Å². The van der Waals surface area contributed by atoms with E-state index in [1.54, 1.807) is 32.3 Å². The highest BCUT2D eigenvalue weighted by Crippen LogP contribution is 2.34. The zero-order valence-electron chi connectivity index (χ0n) is 9.37. The van der Waals surface area contributed by atoms with Crippen molar-refractivity contribution in [3.63, 3.8) is 0 Å². The SMILES string of the molecule is CN(C)C(=O)c1cccc(OC2CC2)c1Cl. The van der Waals surface area contributed by atoms with Crippen LogP contribution in [0.2, 0.25) is 5.02 Å². The molecule has 16 heavy (non-hydrogen) atoms. The van der Waals surface area contributed by atoms with Gasteiger partial charge in [-0.15, -0.1) is 0 Å². The Kier molecular flexibility index (Phi) is 3.06. The largest absolute Gasteiger partial charge is 0.489 e. The van der Waals surface area contributed by atoms with Gasteiger partial charge in [0.1, 0.15) is 5.75 Å². The Balaban J connectivity index is 2.27. The standard InChI is InChI=1S/C12H14ClNO2/c1-14(2)12(15)9-4-3-5-10(11(9)13)16-8-6-7-8/h3-5,8H,6-7H2,1-2H3. The Morgan fingerprint density at radius 3 is 2.69 bits per heavy atom. The molecule has 3 nitrogen and oxygen atoms in total. The first kappa shape index (κ1) is 11.3. The third kappa shape index (κ3) is 2.30. The Morgan fingerprint density at radius 2 is 2.12 bits per heavy atom. The first-order valence-electron chi connectivity index (χ1n) is 5.26. The Bertz CT molecular complexity index is 413. The van der Waals surface area contributed by atoms with Gasteiger partial charge in [-0.25, -0.2) is 0 Å². The van der Waals surface area contributed by atoms with Crippen LogP contribution in [0.15, 0.2) is 18.2 Å². The van der Waals surface area contributed by atoms with Crippen LogP contribution in [0.5, 0.6) is 5.75 Å². The summed E-state index contributed by atoms with van der Waals surface area (Å²) in [5.41, 5.74) is 0.491. The number of carbonyl (C=O) groups is 1. The summed E-state index contributed by atoms with van der Waals surface area (Å²) in [7, 11) is 3.40. The maximum atomic E-state index is 11.8. The van der Waals surface area contributed by atoms with E-state index in [4.69, 9.17) is 16.3 Å². The molecule has 0 N–H and O–H groups in total. The highest BCUT2D eigenvalue weighted by molar-refractivity contribution is 6.35. The van der Waals surface area contributed by atoms with Crippen LogP contribution in [0.4, 0.5) is 0 Å². The molecule has 1 aromatic rings. The zero-order chi connectivity index (χ0) is 11.7. The van der Waals surface area contributed by atoms with Crippen LogP contribution in [0.25, 0.3) is 0 Å². The number of amides is 1. The van der Waals surface area contributed by atoms with E-state index in [0.29, 0.717) is 16.3 Å². The molecule has 0 saturated heterocycles. The molecule has 4 heteroatoms. The number of nitrogens with zero attached hydrogens (tertiary/aromatic N) is 1. The van der Waals surface area contributed by atoms with Crippen molar-refractivity contribution in [2.24, 2.45) is 0 Å². The van der Waals surface area contributed by atoms with E-state index < -0.39 is 0 Å². The van der Waals surface area contributed by atoms with Crippen molar-refractivity contribution in [2.75, 3.05) is 14.1 Å². The smallest absolute Gasteiger partial charge is 0.254 e. The highest BCUT2D eigenvalue weighted by Gasteiger charge is 2.25. The maximum Gasteiger partial charge on any atom is 0.254 e. The number of hydrogen-bond acceptors (Lipinski definition) is 2. The van der Waals surface area contributed by atoms with Gasteiger partial charge in [-0.3, -0.25) is 4.79 Å². The average Bonchev–Trinajstić information content (AvgIpc) is 3.04. The molecule has 0 aliphatic heterocycles. The molecule has 86 valence electrons. The second-order valence-electron chi connectivity index (χ2n) is 4.13. The predicted octanol–water partition coefficient (Wildman–Crippen LogP) is 2.58. The average molecular weight is 240 g/mol. The number of benzene rings is 1. The summed E-state index contributed by atoms with van der Waals surface area (Å²) in [6.45, 7) is 0. The second kappa shape index (κ2) is 4.34. The predicted molar refractivity (Wildman–Crippen MR) is 63.1 cm³/mol. The van der Waals surface area contributed by atoms with Gasteiger partial charge in [0.25, 0.3) is 5.91 Å². The van der Waals surface area contributed by atoms with E-state index in [1.807, 2.05) is 0 Å². The Morgan fingerprint density at radius 1 is 1.44 bits per heavy atom. The van der Waals surface area contributed by atoms with Gasteiger partial charge in [-0.1, -0.05) is 17.7 Å². The topological polar surface area (TPSA) is 29.5 Å². The molecule has 1 amide bonds. The summed E-state index contributed by atoms with van der Waals surface area (Å²) in [5, 5.41) is 0.410. The van der Waals surface area contributed by atoms with Gasteiger partial charge in [0.2, 0.25) is 0 Å². The van der Waals surface area contributed by atoms with Gasteiger partial charge in [0.05, 0.1) is 16.7 Å². The summed E-state index contributed by atoms with van der Waals surface area (Å²) >= 11 is 6.15. The first-order chi connectivity index (χ1) is 7.59. The van der Waals surface area contributed by atoms with E-state index >= 15 is 0 Å². The minimum absolute atomic E-state index is 0.105. The summed E-state index contributed by atoms with van der Waals surface area (Å²) in [5.74, 6) is 0.503. The lowest BCUT2D eigenvalue weighted by atomic mass is 10.2. The van der Waals surface area contributed by atoms with Crippen molar-refractivity contribution in [2.45, 2.75) is 18.9 Å². The van der Waals surface area contributed by atoms with Gasteiger partial charge >= 0.3 is 0 Å². The van der Waals surface area contributed by atoms with E-state index in [0.717, 1.165) is 12.8 Å². The first-order valence-corrected chi connectivity index (χ1v) is 5.64. The summed E-state index contributed by atoms with van der Waals surface area (Å²) in [4.78, 5) is 13.3. The molecule has 1 fully saturated rings. The van der Waals surface area contributed by atoms with E-state index in [1.165, 1.54) is 4.90 Å². The molecule has 0 heterocycles. The molecule has 0 bridgehead atoms. The molecule has 0 atom stereocenters. The molecule has 1 aromatic carbocycles. The van der Waals surface area contributed by atoms with Crippen LogP contribution in [0.1, 0.15) is 23.2 Å². The van der Waals surface area contributed by atoms with Crippen molar-refractivity contribution in [1.82, 2.24) is 4.90 Å². The second-order valence-corrected chi connectivity index (χ2v) is 4.51. The van der Waals surface area contributed by atoms with Crippen molar-refractivity contribution < 1.29 is 9.53 Å². The van der Waals surface area contributed by atoms with Gasteiger partial charge in [-0.2, -0.15) is 0 Å². The van der Waals surface area contributed by atoms with Gasteiger partial charge in [0, 0.05) is 14.1 Å². The van der Waals surface area contributed by atoms with Crippen LogP contribution < -0.4 is 4.74 Å². The molecule has 1 aliphatic rings. The lowest BCUT2D eigenvalue weighted by Crippen LogP contribution is -2.22. The minimum atomic E-state index is -0.105. The van der Waals surface area contributed by atoms with Crippen molar-refractivity contribution in [1.29, 1.82) is 0 Å². The third-order valence-corrected chi connectivity index (χ3v) is 2.81. The molecule has 1 aliphatic carbocycles. The number of halogens is 1. The fourth-order valence-electron chi connectivity index (χ4n) is 1.37. The fourth-order valence-corrected chi connectivity index (χ4v) is 1.62. The van der Waals surface area contributed by atoms with E-state index in [9.17, 15) is 4.79 Å². The summed E-state index contributed by atoms with van der Waals surface area (Å²) in [6.07, 6.45) is 2.42. The molecule has 2 rings (SSSR count). The lowest BCUT2D eigenvalue weighted by molar-refractivity contribution is 0.0827. The molecular weight excluding hydrogens is 226 g/mol. The van der Waals surface area contributed by atoms with Crippen molar-refractivity contribution >= 4 is 17.5 Å². The van der Waals surface area contributed by atoms with Crippen LogP contribution >= 0.6 is 11.6 Å². The molecule has 1 saturated carbocycles. The van der Waals surface area contributed by atoms with Crippen LogP contribution in [-0.4, -0.2) is 31.0 Å². The van der Waals surface area contributed by atoms with Crippen LogP contribution in [0, 0.1) is 0 Å². The molecule has 0 unspecified atom stereocenters. The summed E-state index contributed by atoms with van der Waals surface area (Å²) < 4.78 is 5.62. The molecule has 0 spiro atoms. The quantitative estimate of drug-likeness (QED) is 0.812. The molecule has 0 aromatic heterocycles. The van der Waals surface area contributed by atoms with Crippen LogP contribution in [-0.2, 0) is 0 Å². The number of ether oxygens (including phenoxy) is 1. The number of rotatable bonds is 3. The Hall–Kier alpha value is -1.22. The van der Waals surface area contributed by atoms with Gasteiger partial charge < -0.3 is 9.64 Å². The minimum Gasteiger partial charge on any atom is -0.489 e. The van der Waals surface area contributed by atoms with Crippen LogP contribution in [0.3, 0.4) is 0 Å². The monoisotopic (exact) mass is 239 g/mol. The van der Waals surface area contributed by atoms with E-state index in [-0.39, 0.29) is 12.0 Å².